The van der Waals surface area contributed by atoms with Crippen LogP contribution in [-0.2, 0) is 0 Å². The molecule has 0 heterocycles. The monoisotopic (exact) mass is 409 g/mol. The third-order valence-electron chi connectivity index (χ3n) is 4.84. The van der Waals surface area contributed by atoms with E-state index in [-0.39, 0.29) is 24.5 Å². The van der Waals surface area contributed by atoms with Crippen LogP contribution in [-0.4, -0.2) is 28.4 Å². The number of methoxy groups -OCH3 is 4. The zero-order chi connectivity index (χ0) is 19.8. The van der Waals surface area contributed by atoms with Crippen LogP contribution < -0.4 is 24.3 Å². The van der Waals surface area contributed by atoms with Crippen molar-refractivity contribution in [2.45, 2.75) is 38.8 Å². The molecule has 6 heteroatoms. The second-order valence-corrected chi connectivity index (χ2v) is 6.32. The molecule has 2 atom stereocenters. The van der Waals surface area contributed by atoms with Crippen LogP contribution in [0, 0.1) is 0 Å². The molecule has 156 valence electrons. The number of hydrogen-bond donors (Lipinski definition) is 1. The molecular weight excluding hydrogens is 378 g/mol. The Morgan fingerprint density at radius 2 is 1.00 bits per heavy atom. The van der Waals surface area contributed by atoms with E-state index in [9.17, 15) is 0 Å². The van der Waals surface area contributed by atoms with Gasteiger partial charge in [0, 0.05) is 12.1 Å². The van der Waals surface area contributed by atoms with Crippen molar-refractivity contribution in [3.8, 4) is 23.0 Å². The summed E-state index contributed by atoms with van der Waals surface area (Å²) in [6, 6.07) is 12.6. The molecule has 0 saturated heterocycles. The molecule has 0 aliphatic heterocycles. The topological polar surface area (TPSA) is 49.0 Å². The van der Waals surface area contributed by atoms with Crippen LogP contribution in [0.15, 0.2) is 36.4 Å². The lowest BCUT2D eigenvalue weighted by atomic mass is 9.98. The third kappa shape index (κ3) is 5.46. The molecule has 28 heavy (non-hydrogen) atoms. The van der Waals surface area contributed by atoms with Crippen molar-refractivity contribution in [2.24, 2.45) is 0 Å². The summed E-state index contributed by atoms with van der Waals surface area (Å²) < 4.78 is 21.6. The van der Waals surface area contributed by atoms with Gasteiger partial charge in [0.1, 0.15) is 0 Å². The average molecular weight is 410 g/mol. The SMILES string of the molecule is CCC(NC(CC)c1ccc(OC)c(OC)c1)c1ccc(OC)c(OC)c1.Cl. The molecule has 0 aliphatic carbocycles. The van der Waals surface area contributed by atoms with Gasteiger partial charge in [0.2, 0.25) is 0 Å². The smallest absolute Gasteiger partial charge is 0.161 e. The third-order valence-corrected chi connectivity index (χ3v) is 4.84. The minimum Gasteiger partial charge on any atom is -0.493 e. The molecule has 2 rings (SSSR count). The van der Waals surface area contributed by atoms with E-state index in [4.69, 9.17) is 18.9 Å². The fourth-order valence-electron chi connectivity index (χ4n) is 3.28. The first-order valence-corrected chi connectivity index (χ1v) is 9.31. The standard InChI is InChI=1S/C22H31NO4.ClH/c1-7-17(15-9-11-19(24-3)21(13-15)26-5)23-18(8-2)16-10-12-20(25-4)22(14-16)27-6;/h9-14,17-18,23H,7-8H2,1-6H3;1H. The Morgan fingerprint density at radius 3 is 1.29 bits per heavy atom. The second-order valence-electron chi connectivity index (χ2n) is 6.32. The lowest BCUT2D eigenvalue weighted by Crippen LogP contribution is -2.26. The summed E-state index contributed by atoms with van der Waals surface area (Å²) in [5, 5.41) is 3.77. The Labute approximate surface area is 174 Å². The number of benzene rings is 2. The maximum Gasteiger partial charge on any atom is 0.161 e. The van der Waals surface area contributed by atoms with Gasteiger partial charge in [0.25, 0.3) is 0 Å². The fraction of sp³-hybridized carbons (Fsp3) is 0.455. The molecule has 0 saturated carbocycles. The molecule has 2 unspecified atom stereocenters. The van der Waals surface area contributed by atoms with Crippen LogP contribution in [0.2, 0.25) is 0 Å². The van der Waals surface area contributed by atoms with E-state index in [2.05, 4.69) is 31.3 Å². The summed E-state index contributed by atoms with van der Waals surface area (Å²) in [7, 11) is 6.62. The first kappa shape index (κ1) is 23.9. The van der Waals surface area contributed by atoms with E-state index < -0.39 is 0 Å². The first-order valence-electron chi connectivity index (χ1n) is 9.31. The predicted molar refractivity (Wildman–Crippen MR) is 116 cm³/mol. The zero-order valence-electron chi connectivity index (χ0n) is 17.6. The van der Waals surface area contributed by atoms with Crippen LogP contribution in [0.1, 0.15) is 49.9 Å². The van der Waals surface area contributed by atoms with E-state index in [1.54, 1.807) is 28.4 Å². The largest absolute Gasteiger partial charge is 0.493 e. The van der Waals surface area contributed by atoms with Gasteiger partial charge >= 0.3 is 0 Å². The quantitative estimate of drug-likeness (QED) is 0.574. The zero-order valence-corrected chi connectivity index (χ0v) is 18.4. The number of ether oxygens (including phenoxy) is 4. The molecule has 0 radical (unpaired) electrons. The van der Waals surface area contributed by atoms with Gasteiger partial charge in [-0.15, -0.1) is 12.4 Å². The molecule has 1 N–H and O–H groups in total. The minimum absolute atomic E-state index is 0. The van der Waals surface area contributed by atoms with Crippen LogP contribution in [0.4, 0.5) is 0 Å². The van der Waals surface area contributed by atoms with Crippen molar-refractivity contribution in [2.75, 3.05) is 28.4 Å². The highest BCUT2D eigenvalue weighted by molar-refractivity contribution is 5.85. The summed E-state index contributed by atoms with van der Waals surface area (Å²) in [5.74, 6) is 2.97. The Bertz CT molecular complexity index is 677. The molecule has 0 fully saturated rings. The van der Waals surface area contributed by atoms with E-state index in [0.717, 1.165) is 35.8 Å². The Hall–Kier alpha value is -2.11. The highest BCUT2D eigenvalue weighted by Crippen LogP contribution is 2.34. The van der Waals surface area contributed by atoms with Gasteiger partial charge in [0.05, 0.1) is 28.4 Å². The molecule has 0 bridgehead atoms. The van der Waals surface area contributed by atoms with Gasteiger partial charge in [-0.25, -0.2) is 0 Å². The van der Waals surface area contributed by atoms with Gasteiger partial charge in [0.15, 0.2) is 23.0 Å². The van der Waals surface area contributed by atoms with Crippen LogP contribution in [0.3, 0.4) is 0 Å². The molecular formula is C22H32ClNO4. The van der Waals surface area contributed by atoms with Crippen LogP contribution >= 0.6 is 12.4 Å². The van der Waals surface area contributed by atoms with Gasteiger partial charge in [-0.1, -0.05) is 26.0 Å². The molecule has 0 spiro atoms. The summed E-state index contributed by atoms with van der Waals surface area (Å²) in [6.07, 6.45) is 1.92. The van der Waals surface area contributed by atoms with Gasteiger partial charge in [-0.2, -0.15) is 0 Å². The molecule has 2 aromatic carbocycles. The summed E-state index contributed by atoms with van der Waals surface area (Å²) in [5.41, 5.74) is 2.35. The Morgan fingerprint density at radius 1 is 0.643 bits per heavy atom. The molecule has 0 aliphatic rings. The Balaban J connectivity index is 0.00000392. The van der Waals surface area contributed by atoms with Gasteiger partial charge in [-0.05, 0) is 48.2 Å². The summed E-state index contributed by atoms with van der Waals surface area (Å²) >= 11 is 0. The maximum absolute atomic E-state index is 5.46. The van der Waals surface area contributed by atoms with E-state index in [0.29, 0.717) is 0 Å². The van der Waals surface area contributed by atoms with Crippen molar-refractivity contribution >= 4 is 12.4 Å². The fourth-order valence-corrected chi connectivity index (χ4v) is 3.28. The van der Waals surface area contributed by atoms with Crippen molar-refractivity contribution in [1.29, 1.82) is 0 Å². The molecule has 5 nitrogen and oxygen atoms in total. The average Bonchev–Trinajstić information content (AvgIpc) is 2.73. The predicted octanol–water partition coefficient (Wildman–Crippen LogP) is 5.33. The summed E-state index contributed by atoms with van der Waals surface area (Å²) in [6.45, 7) is 4.35. The van der Waals surface area contributed by atoms with Crippen molar-refractivity contribution in [1.82, 2.24) is 5.32 Å². The molecule has 0 aromatic heterocycles. The first-order chi connectivity index (χ1) is 13.1. The van der Waals surface area contributed by atoms with Crippen LogP contribution in [0.5, 0.6) is 23.0 Å². The summed E-state index contributed by atoms with van der Waals surface area (Å²) in [4.78, 5) is 0. The van der Waals surface area contributed by atoms with E-state index in [1.807, 2.05) is 24.3 Å². The number of hydrogen-bond acceptors (Lipinski definition) is 5. The molecule has 2 aromatic rings. The maximum atomic E-state index is 5.46. The number of rotatable bonds is 10. The number of nitrogens with one attached hydrogen (secondary N) is 1. The van der Waals surface area contributed by atoms with Crippen molar-refractivity contribution in [3.63, 3.8) is 0 Å². The highest BCUT2D eigenvalue weighted by atomic mass is 35.5. The van der Waals surface area contributed by atoms with E-state index in [1.165, 1.54) is 11.1 Å². The van der Waals surface area contributed by atoms with Crippen molar-refractivity contribution < 1.29 is 18.9 Å². The number of halogens is 1. The van der Waals surface area contributed by atoms with Crippen LogP contribution in [0.25, 0.3) is 0 Å². The Kier molecular flexibility index (Phi) is 9.97. The second kappa shape index (κ2) is 11.7. The van der Waals surface area contributed by atoms with E-state index >= 15 is 0 Å². The van der Waals surface area contributed by atoms with Gasteiger partial charge < -0.3 is 24.3 Å². The minimum atomic E-state index is 0. The van der Waals surface area contributed by atoms with Crippen molar-refractivity contribution in [3.05, 3.63) is 47.5 Å². The van der Waals surface area contributed by atoms with Gasteiger partial charge in [-0.3, -0.25) is 0 Å². The highest BCUT2D eigenvalue weighted by Gasteiger charge is 2.19. The lowest BCUT2D eigenvalue weighted by Gasteiger charge is -2.26. The lowest BCUT2D eigenvalue weighted by molar-refractivity contribution is 0.351. The molecule has 0 amide bonds. The normalized spacial score (nSPS) is 12.5.